The molecule has 116 valence electrons. The Kier molecular flexibility index (Phi) is 5.94. The molecule has 1 aliphatic rings. The molecular formula is C12H21NO6S. The monoisotopic (exact) mass is 307 g/mol. The molecule has 20 heavy (non-hydrogen) atoms. The zero-order valence-corrected chi connectivity index (χ0v) is 12.5. The summed E-state index contributed by atoms with van der Waals surface area (Å²) in [6.07, 6.45) is 0.942. The van der Waals surface area contributed by atoms with E-state index in [9.17, 15) is 18.0 Å². The Hall–Kier alpha value is -1.15. The number of hydrogen-bond donors (Lipinski definition) is 2. The first kappa shape index (κ1) is 16.9. The highest BCUT2D eigenvalue weighted by Crippen LogP contribution is 2.20. The molecule has 2 atom stereocenters. The topological polar surface area (TPSA) is 110 Å². The fraction of sp³-hybridized carbons (Fsp3) is 0.833. The molecule has 1 rings (SSSR count). The van der Waals surface area contributed by atoms with Crippen LogP contribution in [0.1, 0.15) is 33.1 Å². The Morgan fingerprint density at radius 2 is 1.90 bits per heavy atom. The largest absolute Gasteiger partial charge is 0.480 e. The number of carboxylic acids is 1. The van der Waals surface area contributed by atoms with E-state index in [-0.39, 0.29) is 6.42 Å². The Balaban J connectivity index is 2.74. The summed E-state index contributed by atoms with van der Waals surface area (Å²) in [4.78, 5) is 22.8. The van der Waals surface area contributed by atoms with Crippen LogP contribution in [0.4, 0.5) is 0 Å². The van der Waals surface area contributed by atoms with Gasteiger partial charge in [0.2, 0.25) is 5.91 Å². The van der Waals surface area contributed by atoms with E-state index in [0.29, 0.717) is 26.1 Å². The van der Waals surface area contributed by atoms with Gasteiger partial charge in [-0.3, -0.25) is 4.79 Å². The molecule has 0 spiro atoms. The van der Waals surface area contributed by atoms with Crippen LogP contribution in [-0.4, -0.2) is 55.2 Å². The molecule has 1 heterocycles. The summed E-state index contributed by atoms with van der Waals surface area (Å²) in [5.74, 6) is -1.93. The van der Waals surface area contributed by atoms with Crippen LogP contribution in [0.15, 0.2) is 0 Å². The minimum Gasteiger partial charge on any atom is -0.480 e. The molecule has 1 saturated heterocycles. The predicted octanol–water partition coefficient (Wildman–Crippen LogP) is -0.0519. The molecule has 0 aromatic heterocycles. The lowest BCUT2D eigenvalue weighted by molar-refractivity contribution is -0.141. The SMILES string of the molecule is CCC(NC(=O)C(C)S(=O)(=O)C1CCOCC1)C(=O)O. The highest BCUT2D eigenvalue weighted by Gasteiger charge is 2.37. The van der Waals surface area contributed by atoms with Crippen molar-refractivity contribution in [3.8, 4) is 0 Å². The van der Waals surface area contributed by atoms with E-state index >= 15 is 0 Å². The summed E-state index contributed by atoms with van der Waals surface area (Å²) in [5, 5.41) is 9.29. The average Bonchev–Trinajstić information content (AvgIpc) is 2.44. The van der Waals surface area contributed by atoms with Gasteiger partial charge in [0.25, 0.3) is 0 Å². The van der Waals surface area contributed by atoms with E-state index in [1.807, 2.05) is 0 Å². The molecule has 0 saturated carbocycles. The van der Waals surface area contributed by atoms with Gasteiger partial charge in [0.05, 0.1) is 5.25 Å². The lowest BCUT2D eigenvalue weighted by Gasteiger charge is -2.25. The zero-order chi connectivity index (χ0) is 15.3. The van der Waals surface area contributed by atoms with Crippen molar-refractivity contribution in [1.82, 2.24) is 5.32 Å². The van der Waals surface area contributed by atoms with Gasteiger partial charge in [0.1, 0.15) is 11.3 Å². The maximum absolute atomic E-state index is 12.3. The number of carbonyl (C=O) groups excluding carboxylic acids is 1. The highest BCUT2D eigenvalue weighted by atomic mass is 32.2. The standard InChI is InChI=1S/C12H21NO6S/c1-3-10(12(15)16)13-11(14)8(2)20(17,18)9-4-6-19-7-5-9/h8-10H,3-7H2,1-2H3,(H,13,14)(H,15,16). The van der Waals surface area contributed by atoms with Gasteiger partial charge in [-0.1, -0.05) is 6.92 Å². The smallest absolute Gasteiger partial charge is 0.326 e. The van der Waals surface area contributed by atoms with Gasteiger partial charge in [0.15, 0.2) is 9.84 Å². The van der Waals surface area contributed by atoms with Crippen molar-refractivity contribution < 1.29 is 27.9 Å². The van der Waals surface area contributed by atoms with Gasteiger partial charge in [-0.15, -0.1) is 0 Å². The third-order valence-electron chi connectivity index (χ3n) is 3.52. The van der Waals surface area contributed by atoms with E-state index in [2.05, 4.69) is 5.32 Å². The molecule has 8 heteroatoms. The average molecular weight is 307 g/mol. The van der Waals surface area contributed by atoms with Crippen molar-refractivity contribution in [3.63, 3.8) is 0 Å². The molecule has 7 nitrogen and oxygen atoms in total. The van der Waals surface area contributed by atoms with Crippen molar-refractivity contribution in [3.05, 3.63) is 0 Å². The third-order valence-corrected chi connectivity index (χ3v) is 6.12. The summed E-state index contributed by atoms with van der Waals surface area (Å²) in [5.41, 5.74) is 0. The number of sulfone groups is 1. The molecule has 1 aliphatic heterocycles. The van der Waals surface area contributed by atoms with Gasteiger partial charge < -0.3 is 15.2 Å². The lowest BCUT2D eigenvalue weighted by atomic mass is 10.2. The minimum absolute atomic E-state index is 0.200. The molecule has 1 amide bonds. The second-order valence-electron chi connectivity index (χ2n) is 4.85. The molecular weight excluding hydrogens is 286 g/mol. The molecule has 2 N–H and O–H groups in total. The summed E-state index contributed by atoms with van der Waals surface area (Å²) in [7, 11) is -3.63. The van der Waals surface area contributed by atoms with Gasteiger partial charge >= 0.3 is 5.97 Å². The fourth-order valence-electron chi connectivity index (χ4n) is 2.07. The minimum atomic E-state index is -3.63. The van der Waals surface area contributed by atoms with E-state index in [1.54, 1.807) is 6.92 Å². The summed E-state index contributed by atoms with van der Waals surface area (Å²) in [6.45, 7) is 3.64. The maximum Gasteiger partial charge on any atom is 0.326 e. The number of rotatable bonds is 6. The van der Waals surface area contributed by atoms with E-state index < -0.39 is 38.3 Å². The molecule has 1 fully saturated rings. The first-order valence-corrected chi connectivity index (χ1v) is 8.25. The Morgan fingerprint density at radius 1 is 1.35 bits per heavy atom. The van der Waals surface area contributed by atoms with E-state index in [1.165, 1.54) is 6.92 Å². The molecule has 0 aromatic rings. The van der Waals surface area contributed by atoms with Crippen molar-refractivity contribution >= 4 is 21.7 Å². The zero-order valence-electron chi connectivity index (χ0n) is 11.7. The number of hydrogen-bond acceptors (Lipinski definition) is 5. The second-order valence-corrected chi connectivity index (χ2v) is 7.40. The number of nitrogens with one attached hydrogen (secondary N) is 1. The van der Waals surface area contributed by atoms with E-state index in [4.69, 9.17) is 9.84 Å². The first-order chi connectivity index (χ1) is 9.30. The molecule has 0 aliphatic carbocycles. The van der Waals surface area contributed by atoms with Crippen LogP contribution < -0.4 is 5.32 Å². The molecule has 0 bridgehead atoms. The number of carboxylic acid groups (broad SMARTS) is 1. The van der Waals surface area contributed by atoms with Gasteiger partial charge in [-0.05, 0) is 26.2 Å². The first-order valence-electron chi connectivity index (χ1n) is 6.64. The second kappa shape index (κ2) is 7.03. The van der Waals surface area contributed by atoms with Crippen molar-refractivity contribution in [2.75, 3.05) is 13.2 Å². The molecule has 2 unspecified atom stereocenters. The lowest BCUT2D eigenvalue weighted by Crippen LogP contribution is -2.49. The normalized spacial score (nSPS) is 20.1. The summed E-state index contributed by atoms with van der Waals surface area (Å²) < 4.78 is 29.7. The van der Waals surface area contributed by atoms with Crippen LogP contribution in [0.25, 0.3) is 0 Å². The predicted molar refractivity (Wildman–Crippen MR) is 72.1 cm³/mol. The fourth-order valence-corrected chi connectivity index (χ4v) is 3.86. The molecule has 0 radical (unpaired) electrons. The number of carbonyl (C=O) groups is 2. The Labute approximate surface area is 118 Å². The van der Waals surface area contributed by atoms with Gasteiger partial charge in [-0.2, -0.15) is 0 Å². The Bertz CT molecular complexity index is 455. The number of ether oxygens (including phenoxy) is 1. The number of amides is 1. The highest BCUT2D eigenvalue weighted by molar-refractivity contribution is 7.93. The quantitative estimate of drug-likeness (QED) is 0.712. The van der Waals surface area contributed by atoms with Crippen molar-refractivity contribution in [1.29, 1.82) is 0 Å². The van der Waals surface area contributed by atoms with Crippen LogP contribution in [0.3, 0.4) is 0 Å². The van der Waals surface area contributed by atoms with Crippen LogP contribution in [0.5, 0.6) is 0 Å². The third kappa shape index (κ3) is 3.92. The van der Waals surface area contributed by atoms with Crippen LogP contribution in [0, 0.1) is 0 Å². The van der Waals surface area contributed by atoms with Crippen LogP contribution >= 0.6 is 0 Å². The van der Waals surface area contributed by atoms with Gasteiger partial charge in [0, 0.05) is 13.2 Å². The van der Waals surface area contributed by atoms with Gasteiger partial charge in [-0.25, -0.2) is 13.2 Å². The Morgan fingerprint density at radius 3 is 2.35 bits per heavy atom. The van der Waals surface area contributed by atoms with Crippen LogP contribution in [0.2, 0.25) is 0 Å². The van der Waals surface area contributed by atoms with Crippen LogP contribution in [-0.2, 0) is 24.2 Å². The van der Waals surface area contributed by atoms with E-state index in [0.717, 1.165) is 0 Å². The van der Waals surface area contributed by atoms with Crippen molar-refractivity contribution in [2.24, 2.45) is 0 Å². The maximum atomic E-state index is 12.3. The molecule has 0 aromatic carbocycles. The van der Waals surface area contributed by atoms with Crippen molar-refractivity contribution in [2.45, 2.75) is 49.7 Å². The summed E-state index contributed by atoms with van der Waals surface area (Å²) in [6, 6.07) is -1.06. The number of aliphatic carboxylic acids is 1. The summed E-state index contributed by atoms with van der Waals surface area (Å²) >= 11 is 0.